The SMILES string of the molecule is CC(COCCOCCCCS(=O)(=O)[O-])OCCO.[Na+]. The van der Waals surface area contributed by atoms with Crippen molar-refractivity contribution in [3.63, 3.8) is 0 Å². The molecule has 1 N–H and O–H groups in total. The number of aliphatic hydroxyl groups is 1. The van der Waals surface area contributed by atoms with Gasteiger partial charge in [-0.15, -0.1) is 0 Å². The van der Waals surface area contributed by atoms with E-state index in [1.54, 1.807) is 0 Å². The molecule has 1 atom stereocenters. The van der Waals surface area contributed by atoms with Crippen molar-refractivity contribution in [1.82, 2.24) is 0 Å². The van der Waals surface area contributed by atoms with Crippen molar-refractivity contribution in [1.29, 1.82) is 0 Å². The van der Waals surface area contributed by atoms with Crippen LogP contribution in [0, 0.1) is 0 Å². The van der Waals surface area contributed by atoms with Crippen molar-refractivity contribution in [2.75, 3.05) is 45.4 Å². The first kappa shape index (κ1) is 23.0. The van der Waals surface area contributed by atoms with Crippen LogP contribution in [0.3, 0.4) is 0 Å². The molecule has 0 saturated heterocycles. The molecule has 0 bridgehead atoms. The Hall–Kier alpha value is 0.750. The predicted octanol–water partition coefficient (Wildman–Crippen LogP) is -3.25. The summed E-state index contributed by atoms with van der Waals surface area (Å²) in [7, 11) is -4.10. The molecule has 0 heterocycles. The number of unbranched alkanes of at least 4 members (excludes halogenated alkanes) is 1. The quantitative estimate of drug-likeness (QED) is 0.216. The maximum atomic E-state index is 10.3. The largest absolute Gasteiger partial charge is 1.00 e. The Kier molecular flexibility index (Phi) is 16.9. The van der Waals surface area contributed by atoms with Crippen LogP contribution >= 0.6 is 0 Å². The van der Waals surface area contributed by atoms with Crippen molar-refractivity contribution in [3.8, 4) is 0 Å². The maximum absolute atomic E-state index is 10.3. The number of rotatable bonds is 13. The average molecular weight is 322 g/mol. The second kappa shape index (κ2) is 14.7. The first-order valence-electron chi connectivity index (χ1n) is 6.27. The summed E-state index contributed by atoms with van der Waals surface area (Å²) in [5.74, 6) is -0.341. The third-order valence-electron chi connectivity index (χ3n) is 2.15. The fourth-order valence-corrected chi connectivity index (χ4v) is 1.81. The molecule has 0 aliphatic heterocycles. The van der Waals surface area contributed by atoms with Crippen LogP contribution in [0.15, 0.2) is 0 Å². The minimum Gasteiger partial charge on any atom is -0.748 e. The number of hydrogen-bond acceptors (Lipinski definition) is 7. The fraction of sp³-hybridized carbons (Fsp3) is 1.00. The zero-order chi connectivity index (χ0) is 14.6. The molecule has 9 heteroatoms. The van der Waals surface area contributed by atoms with E-state index in [4.69, 9.17) is 19.3 Å². The van der Waals surface area contributed by atoms with Gasteiger partial charge in [-0.25, -0.2) is 8.42 Å². The van der Waals surface area contributed by atoms with Crippen molar-refractivity contribution in [2.45, 2.75) is 25.9 Å². The van der Waals surface area contributed by atoms with Gasteiger partial charge in [-0.3, -0.25) is 0 Å². The molecule has 0 rings (SSSR count). The zero-order valence-electron chi connectivity index (χ0n) is 12.2. The third kappa shape index (κ3) is 18.8. The van der Waals surface area contributed by atoms with Gasteiger partial charge in [0.05, 0.1) is 49.3 Å². The van der Waals surface area contributed by atoms with Crippen LogP contribution in [0.5, 0.6) is 0 Å². The molecule has 0 fully saturated rings. The second-order valence-corrected chi connectivity index (χ2v) is 5.58. The molecule has 0 saturated carbocycles. The molecular weight excluding hydrogens is 299 g/mol. The molecule has 0 aliphatic carbocycles. The van der Waals surface area contributed by atoms with Gasteiger partial charge in [-0.1, -0.05) is 0 Å². The summed E-state index contributed by atoms with van der Waals surface area (Å²) in [4.78, 5) is 0. The molecule has 1 unspecified atom stereocenters. The number of aliphatic hydroxyl groups excluding tert-OH is 1. The predicted molar refractivity (Wildman–Crippen MR) is 67.9 cm³/mol. The van der Waals surface area contributed by atoms with Crippen molar-refractivity contribution >= 4 is 10.1 Å². The van der Waals surface area contributed by atoms with Crippen LogP contribution in [-0.2, 0) is 24.3 Å². The summed E-state index contributed by atoms with van der Waals surface area (Å²) < 4.78 is 46.6. The third-order valence-corrected chi connectivity index (χ3v) is 2.94. The van der Waals surface area contributed by atoms with Gasteiger partial charge in [0.15, 0.2) is 0 Å². The molecule has 0 aromatic heterocycles. The standard InChI is InChI=1S/C11H24O7S.Na/c1-11(18-6-4-12)10-17-8-7-16-5-2-3-9-19(13,14)15;/h11-12H,2-10H2,1H3,(H,13,14,15);/q;+1/p-1. The Morgan fingerprint density at radius 3 is 2.35 bits per heavy atom. The van der Waals surface area contributed by atoms with Crippen molar-refractivity contribution in [2.24, 2.45) is 0 Å². The Balaban J connectivity index is 0. The summed E-state index contributed by atoms with van der Waals surface area (Å²) in [5.41, 5.74) is 0. The fourth-order valence-electron chi connectivity index (χ4n) is 1.25. The molecule has 0 aliphatic rings. The molecule has 0 radical (unpaired) electrons. The molecule has 0 spiro atoms. The minimum atomic E-state index is -4.10. The molecule has 0 aromatic rings. The second-order valence-electron chi connectivity index (χ2n) is 4.06. The van der Waals surface area contributed by atoms with E-state index in [0.29, 0.717) is 45.9 Å². The van der Waals surface area contributed by atoms with Gasteiger partial charge >= 0.3 is 29.6 Å². The summed E-state index contributed by atoms with van der Waals surface area (Å²) in [5, 5.41) is 8.53. The zero-order valence-corrected chi connectivity index (χ0v) is 15.1. The van der Waals surface area contributed by atoms with Gasteiger partial charge in [0, 0.05) is 12.4 Å². The van der Waals surface area contributed by atoms with E-state index in [9.17, 15) is 13.0 Å². The summed E-state index contributed by atoms with van der Waals surface area (Å²) in [6.45, 7) is 3.81. The Morgan fingerprint density at radius 1 is 1.10 bits per heavy atom. The average Bonchev–Trinajstić information content (AvgIpc) is 2.33. The van der Waals surface area contributed by atoms with E-state index in [-0.39, 0.29) is 48.0 Å². The normalized spacial score (nSPS) is 12.9. The van der Waals surface area contributed by atoms with E-state index in [1.165, 1.54) is 0 Å². The maximum Gasteiger partial charge on any atom is 1.00 e. The van der Waals surface area contributed by atoms with E-state index in [0.717, 1.165) is 0 Å². The number of hydrogen-bond donors (Lipinski definition) is 1. The van der Waals surface area contributed by atoms with E-state index in [2.05, 4.69) is 0 Å². The summed E-state index contributed by atoms with van der Waals surface area (Å²) in [6.07, 6.45) is 0.783. The van der Waals surface area contributed by atoms with Gasteiger partial charge in [-0.05, 0) is 19.8 Å². The van der Waals surface area contributed by atoms with E-state index < -0.39 is 10.1 Å². The minimum absolute atomic E-state index is 0. The van der Waals surface area contributed by atoms with Crippen LogP contribution in [-0.4, -0.2) is 69.6 Å². The Bertz CT molecular complexity index is 297. The first-order chi connectivity index (χ1) is 8.95. The van der Waals surface area contributed by atoms with Crippen LogP contribution in [0.4, 0.5) is 0 Å². The smallest absolute Gasteiger partial charge is 0.748 e. The Labute approximate surface area is 143 Å². The van der Waals surface area contributed by atoms with Crippen LogP contribution in [0.25, 0.3) is 0 Å². The molecule has 7 nitrogen and oxygen atoms in total. The first-order valence-corrected chi connectivity index (χ1v) is 7.85. The van der Waals surface area contributed by atoms with E-state index >= 15 is 0 Å². The van der Waals surface area contributed by atoms with E-state index in [1.807, 2.05) is 6.92 Å². The van der Waals surface area contributed by atoms with Gasteiger partial charge in [0.25, 0.3) is 0 Å². The molecular formula is C11H23NaO7S. The number of ether oxygens (including phenoxy) is 3. The van der Waals surface area contributed by atoms with Gasteiger partial charge in [0.1, 0.15) is 0 Å². The monoisotopic (exact) mass is 322 g/mol. The van der Waals surface area contributed by atoms with Gasteiger partial charge in [0.2, 0.25) is 0 Å². The molecule has 20 heavy (non-hydrogen) atoms. The molecule has 116 valence electrons. The van der Waals surface area contributed by atoms with Gasteiger partial charge in [-0.2, -0.15) is 0 Å². The van der Waals surface area contributed by atoms with Crippen LogP contribution < -0.4 is 29.6 Å². The van der Waals surface area contributed by atoms with Crippen LogP contribution in [0.2, 0.25) is 0 Å². The molecule has 0 aromatic carbocycles. The summed E-state index contributed by atoms with van der Waals surface area (Å²) >= 11 is 0. The van der Waals surface area contributed by atoms with Crippen molar-refractivity contribution in [3.05, 3.63) is 0 Å². The van der Waals surface area contributed by atoms with Gasteiger partial charge < -0.3 is 23.9 Å². The van der Waals surface area contributed by atoms with Crippen molar-refractivity contribution < 1.29 is 61.8 Å². The topological polar surface area (TPSA) is 105 Å². The van der Waals surface area contributed by atoms with Crippen LogP contribution in [0.1, 0.15) is 19.8 Å². The Morgan fingerprint density at radius 2 is 1.75 bits per heavy atom. The summed E-state index contributed by atoms with van der Waals surface area (Å²) in [6, 6.07) is 0. The molecule has 0 amide bonds.